The number of carboxylic acids is 1. The van der Waals surface area contributed by atoms with Crippen LogP contribution in [0.25, 0.3) is 11.1 Å². The van der Waals surface area contributed by atoms with Gasteiger partial charge in [-0.15, -0.1) is 0 Å². The molecule has 3 rings (SSSR count). The second-order valence-corrected chi connectivity index (χ2v) is 8.82. The summed E-state index contributed by atoms with van der Waals surface area (Å²) in [6.07, 6.45) is 0.627. The van der Waals surface area contributed by atoms with Crippen molar-refractivity contribution in [2.24, 2.45) is 5.92 Å². The van der Waals surface area contributed by atoms with Crippen molar-refractivity contribution in [3.05, 3.63) is 59.7 Å². The van der Waals surface area contributed by atoms with Gasteiger partial charge >= 0.3 is 12.1 Å². The van der Waals surface area contributed by atoms with Crippen molar-refractivity contribution < 1.29 is 29.0 Å². The molecule has 3 N–H and O–H groups in total. The topological polar surface area (TPSA) is 114 Å². The Kier molecular flexibility index (Phi) is 9.66. The minimum Gasteiger partial charge on any atom is -0.481 e. The van der Waals surface area contributed by atoms with E-state index >= 15 is 0 Å². The van der Waals surface area contributed by atoms with Gasteiger partial charge in [0.25, 0.3) is 0 Å². The average molecular weight is 483 g/mol. The Morgan fingerprint density at radius 1 is 1.00 bits per heavy atom. The van der Waals surface area contributed by atoms with Crippen molar-refractivity contribution in [3.63, 3.8) is 0 Å². The van der Waals surface area contributed by atoms with Gasteiger partial charge < -0.3 is 25.2 Å². The van der Waals surface area contributed by atoms with Gasteiger partial charge in [0, 0.05) is 12.5 Å². The number of carboxylic acid groups (broad SMARTS) is 1. The summed E-state index contributed by atoms with van der Waals surface area (Å²) in [6, 6.07) is 15.5. The molecule has 1 aliphatic rings. The molecule has 35 heavy (non-hydrogen) atoms. The second kappa shape index (κ2) is 12.9. The van der Waals surface area contributed by atoms with Gasteiger partial charge in [0.05, 0.1) is 19.6 Å². The molecule has 0 fully saturated rings. The lowest BCUT2D eigenvalue weighted by Gasteiger charge is -2.22. The molecule has 0 saturated carbocycles. The number of carbonyl (C=O) groups is 3. The lowest BCUT2D eigenvalue weighted by Crippen LogP contribution is -2.48. The van der Waals surface area contributed by atoms with Gasteiger partial charge in [0.1, 0.15) is 12.6 Å². The minimum absolute atomic E-state index is 0.0575. The maximum absolute atomic E-state index is 12.7. The van der Waals surface area contributed by atoms with Crippen LogP contribution in [0.5, 0.6) is 0 Å². The first-order valence-electron chi connectivity index (χ1n) is 12.1. The Bertz CT molecular complexity index is 979. The van der Waals surface area contributed by atoms with Gasteiger partial charge in [-0.1, -0.05) is 68.8 Å². The fourth-order valence-corrected chi connectivity index (χ4v) is 4.21. The van der Waals surface area contributed by atoms with Crippen LogP contribution in [0, 0.1) is 5.92 Å². The zero-order chi connectivity index (χ0) is 25.2. The molecule has 0 bridgehead atoms. The number of hydrogen-bond acceptors (Lipinski definition) is 5. The van der Waals surface area contributed by atoms with Crippen LogP contribution < -0.4 is 10.6 Å². The van der Waals surface area contributed by atoms with Crippen LogP contribution in [0.15, 0.2) is 48.5 Å². The predicted molar refractivity (Wildman–Crippen MR) is 132 cm³/mol. The molecule has 0 spiro atoms. The first-order valence-corrected chi connectivity index (χ1v) is 12.1. The van der Waals surface area contributed by atoms with Gasteiger partial charge in [0.2, 0.25) is 5.91 Å². The zero-order valence-electron chi connectivity index (χ0n) is 20.3. The largest absolute Gasteiger partial charge is 0.481 e. The number of alkyl carbamates (subject to hydrolysis) is 1. The van der Waals surface area contributed by atoms with Crippen LogP contribution in [0.3, 0.4) is 0 Å². The second-order valence-electron chi connectivity index (χ2n) is 8.82. The van der Waals surface area contributed by atoms with E-state index in [1.165, 1.54) is 0 Å². The third-order valence-electron chi connectivity index (χ3n) is 6.29. The summed E-state index contributed by atoms with van der Waals surface area (Å²) < 4.78 is 10.8. The van der Waals surface area contributed by atoms with Crippen molar-refractivity contribution in [3.8, 4) is 11.1 Å². The third-order valence-corrected chi connectivity index (χ3v) is 6.29. The fraction of sp³-hybridized carbons (Fsp3) is 0.444. The number of aliphatic carboxylic acids is 1. The van der Waals surface area contributed by atoms with Crippen LogP contribution in [0.2, 0.25) is 0 Å². The summed E-state index contributed by atoms with van der Waals surface area (Å²) in [5, 5.41) is 14.1. The number of rotatable bonds is 13. The Balaban J connectivity index is 1.55. The van der Waals surface area contributed by atoms with Crippen LogP contribution in [-0.4, -0.2) is 55.5 Å². The Morgan fingerprint density at radius 2 is 1.63 bits per heavy atom. The van der Waals surface area contributed by atoms with E-state index in [9.17, 15) is 14.4 Å². The average Bonchev–Trinajstić information content (AvgIpc) is 3.17. The first kappa shape index (κ1) is 26.2. The van der Waals surface area contributed by atoms with Gasteiger partial charge in [-0.25, -0.2) is 4.79 Å². The molecule has 2 amide bonds. The van der Waals surface area contributed by atoms with Crippen LogP contribution >= 0.6 is 0 Å². The monoisotopic (exact) mass is 482 g/mol. The van der Waals surface area contributed by atoms with Crippen molar-refractivity contribution >= 4 is 18.0 Å². The van der Waals surface area contributed by atoms with Gasteiger partial charge in [-0.05, 0) is 34.6 Å². The molecule has 8 heteroatoms. The SMILES string of the molecule is CCC(C)CC(NC(=O)OCC1c2ccccc2-c2ccccc21)C(=O)NCCOCCC(=O)O. The molecule has 1 aliphatic carbocycles. The maximum Gasteiger partial charge on any atom is 0.407 e. The summed E-state index contributed by atoms with van der Waals surface area (Å²) in [5.41, 5.74) is 4.55. The van der Waals surface area contributed by atoms with E-state index in [0.717, 1.165) is 28.7 Å². The lowest BCUT2D eigenvalue weighted by molar-refractivity contribution is -0.138. The Hall–Kier alpha value is -3.39. The smallest absolute Gasteiger partial charge is 0.407 e. The molecule has 8 nitrogen and oxygen atoms in total. The van der Waals surface area contributed by atoms with E-state index in [1.807, 2.05) is 38.1 Å². The van der Waals surface area contributed by atoms with Crippen molar-refractivity contribution in [1.29, 1.82) is 0 Å². The zero-order valence-corrected chi connectivity index (χ0v) is 20.3. The van der Waals surface area contributed by atoms with Crippen molar-refractivity contribution in [2.75, 3.05) is 26.4 Å². The summed E-state index contributed by atoms with van der Waals surface area (Å²) in [6.45, 7) is 4.73. The van der Waals surface area contributed by atoms with E-state index in [2.05, 4.69) is 34.9 Å². The van der Waals surface area contributed by atoms with Gasteiger partial charge in [0.15, 0.2) is 0 Å². The Morgan fingerprint density at radius 3 is 2.23 bits per heavy atom. The van der Waals surface area contributed by atoms with E-state index in [4.69, 9.17) is 14.6 Å². The highest BCUT2D eigenvalue weighted by Gasteiger charge is 2.30. The number of carbonyl (C=O) groups excluding carboxylic acids is 2. The molecule has 0 radical (unpaired) electrons. The van der Waals surface area contributed by atoms with Gasteiger partial charge in [-0.3, -0.25) is 9.59 Å². The molecule has 2 aromatic carbocycles. The van der Waals surface area contributed by atoms with E-state index in [1.54, 1.807) is 0 Å². The molecule has 0 saturated heterocycles. The lowest BCUT2D eigenvalue weighted by atomic mass is 9.98. The summed E-state index contributed by atoms with van der Waals surface area (Å²) in [4.78, 5) is 35.9. The highest BCUT2D eigenvalue weighted by atomic mass is 16.5. The number of benzene rings is 2. The number of hydrogen-bond donors (Lipinski definition) is 3. The maximum atomic E-state index is 12.7. The number of ether oxygens (including phenoxy) is 2. The predicted octanol–water partition coefficient (Wildman–Crippen LogP) is 3.94. The highest BCUT2D eigenvalue weighted by molar-refractivity contribution is 5.85. The molecule has 0 aromatic heterocycles. The number of amides is 2. The third kappa shape index (κ3) is 7.29. The van der Waals surface area contributed by atoms with E-state index in [-0.39, 0.29) is 50.5 Å². The molecular weight excluding hydrogens is 448 g/mol. The fourth-order valence-electron chi connectivity index (χ4n) is 4.21. The van der Waals surface area contributed by atoms with E-state index < -0.39 is 18.1 Å². The van der Waals surface area contributed by atoms with Crippen LogP contribution in [-0.2, 0) is 19.1 Å². The molecule has 2 unspecified atom stereocenters. The molecule has 188 valence electrons. The first-order chi connectivity index (χ1) is 16.9. The molecule has 2 aromatic rings. The van der Waals surface area contributed by atoms with Gasteiger partial charge in [-0.2, -0.15) is 0 Å². The molecule has 0 aliphatic heterocycles. The molecule has 2 atom stereocenters. The number of nitrogens with one attached hydrogen (secondary N) is 2. The van der Waals surface area contributed by atoms with Crippen molar-refractivity contribution in [1.82, 2.24) is 10.6 Å². The summed E-state index contributed by atoms with van der Waals surface area (Å²) in [5.74, 6) is -1.08. The van der Waals surface area contributed by atoms with Crippen LogP contribution in [0.4, 0.5) is 4.79 Å². The summed E-state index contributed by atoms with van der Waals surface area (Å²) >= 11 is 0. The quantitative estimate of drug-likeness (QED) is 0.373. The molecular formula is C27H34N2O6. The highest BCUT2D eigenvalue weighted by Crippen LogP contribution is 2.44. The van der Waals surface area contributed by atoms with Crippen LogP contribution in [0.1, 0.15) is 50.2 Å². The molecule has 0 heterocycles. The van der Waals surface area contributed by atoms with E-state index in [0.29, 0.717) is 6.42 Å². The minimum atomic E-state index is -0.935. The van der Waals surface area contributed by atoms with Crippen molar-refractivity contribution in [2.45, 2.75) is 45.1 Å². The Labute approximate surface area is 206 Å². The number of fused-ring (bicyclic) bond motifs is 3. The normalized spacial score (nSPS) is 13.9. The standard InChI is InChI=1S/C27H34N2O6/c1-3-18(2)16-24(26(32)28-13-15-34-14-12-25(30)31)29-27(33)35-17-23-21-10-6-4-8-19(21)20-9-5-7-11-22(20)23/h4-11,18,23-24H,3,12-17H2,1-2H3,(H,28,32)(H,29,33)(H,30,31). The summed E-state index contributed by atoms with van der Waals surface area (Å²) in [7, 11) is 0.